The van der Waals surface area contributed by atoms with Crippen molar-refractivity contribution in [1.82, 2.24) is 9.97 Å². The molecule has 0 spiro atoms. The molecule has 1 N–H and O–H groups in total. The summed E-state index contributed by atoms with van der Waals surface area (Å²) in [7, 11) is 0. The van der Waals surface area contributed by atoms with Gasteiger partial charge in [0.25, 0.3) is 5.91 Å². The largest absolute Gasteiger partial charge is 0.368 e. The second-order valence-corrected chi connectivity index (χ2v) is 5.63. The normalized spacial score (nSPS) is 11.8. The van der Waals surface area contributed by atoms with Crippen molar-refractivity contribution in [2.24, 2.45) is 0 Å². The van der Waals surface area contributed by atoms with Crippen LogP contribution in [0.4, 0.5) is 11.5 Å². The standard InChI is InChI=1S/C18H24N4O/c1-5-14(4)21-17-11-16(19-12-20-17)18(23)22(6-2)15-9-7-8-13(3)10-15/h7-12,14H,5-6H2,1-4H3,(H,19,20,21). The number of rotatable bonds is 6. The average Bonchev–Trinajstić information content (AvgIpc) is 2.55. The van der Waals surface area contributed by atoms with Crippen LogP contribution in [0.25, 0.3) is 0 Å². The van der Waals surface area contributed by atoms with Crippen LogP contribution in [0.1, 0.15) is 43.2 Å². The maximum absolute atomic E-state index is 12.8. The molecule has 5 nitrogen and oxygen atoms in total. The van der Waals surface area contributed by atoms with Crippen LogP contribution in [-0.4, -0.2) is 28.5 Å². The van der Waals surface area contributed by atoms with E-state index in [1.807, 2.05) is 38.1 Å². The Hall–Kier alpha value is -2.43. The third kappa shape index (κ3) is 4.28. The Balaban J connectivity index is 2.26. The van der Waals surface area contributed by atoms with Gasteiger partial charge in [-0.25, -0.2) is 9.97 Å². The van der Waals surface area contributed by atoms with Crippen LogP contribution in [0, 0.1) is 6.92 Å². The Labute approximate surface area is 137 Å². The van der Waals surface area contributed by atoms with Gasteiger partial charge in [0.2, 0.25) is 0 Å². The number of nitrogens with zero attached hydrogens (tertiary/aromatic N) is 3. The molecule has 0 saturated carbocycles. The Bertz CT molecular complexity index is 672. The van der Waals surface area contributed by atoms with Gasteiger partial charge in [-0.3, -0.25) is 4.79 Å². The minimum absolute atomic E-state index is 0.118. The summed E-state index contributed by atoms with van der Waals surface area (Å²) >= 11 is 0. The van der Waals surface area contributed by atoms with Gasteiger partial charge < -0.3 is 10.2 Å². The van der Waals surface area contributed by atoms with Crippen LogP contribution in [0.5, 0.6) is 0 Å². The van der Waals surface area contributed by atoms with Crippen molar-refractivity contribution < 1.29 is 4.79 Å². The highest BCUT2D eigenvalue weighted by Crippen LogP contribution is 2.18. The van der Waals surface area contributed by atoms with E-state index in [4.69, 9.17) is 0 Å². The number of anilines is 2. The molecule has 0 aliphatic rings. The summed E-state index contributed by atoms with van der Waals surface area (Å²) in [5.41, 5.74) is 2.40. The Kier molecular flexibility index (Phi) is 5.68. The first-order chi connectivity index (χ1) is 11.0. The molecular formula is C18H24N4O. The molecular weight excluding hydrogens is 288 g/mol. The van der Waals surface area contributed by atoms with Gasteiger partial charge in [0.15, 0.2) is 0 Å². The predicted octanol–water partition coefficient (Wildman–Crippen LogP) is 3.66. The second-order valence-electron chi connectivity index (χ2n) is 5.63. The van der Waals surface area contributed by atoms with E-state index in [0.717, 1.165) is 17.7 Å². The van der Waals surface area contributed by atoms with Gasteiger partial charge in [0, 0.05) is 24.3 Å². The van der Waals surface area contributed by atoms with Gasteiger partial charge >= 0.3 is 0 Å². The molecule has 0 aliphatic carbocycles. The van der Waals surface area contributed by atoms with Gasteiger partial charge in [-0.1, -0.05) is 19.1 Å². The highest BCUT2D eigenvalue weighted by atomic mass is 16.2. The Morgan fingerprint density at radius 3 is 2.70 bits per heavy atom. The molecule has 122 valence electrons. The van der Waals surface area contributed by atoms with Gasteiger partial charge in [-0.2, -0.15) is 0 Å². The van der Waals surface area contributed by atoms with Crippen molar-refractivity contribution in [1.29, 1.82) is 0 Å². The van der Waals surface area contributed by atoms with Gasteiger partial charge in [-0.05, 0) is 44.9 Å². The highest BCUT2D eigenvalue weighted by Gasteiger charge is 2.18. The number of hydrogen-bond donors (Lipinski definition) is 1. The van der Waals surface area contributed by atoms with E-state index in [1.165, 1.54) is 6.33 Å². The van der Waals surface area contributed by atoms with Crippen LogP contribution in [0.3, 0.4) is 0 Å². The fourth-order valence-corrected chi connectivity index (χ4v) is 2.29. The van der Waals surface area contributed by atoms with E-state index in [9.17, 15) is 4.79 Å². The smallest absolute Gasteiger partial charge is 0.277 e. The Morgan fingerprint density at radius 2 is 2.04 bits per heavy atom. The molecule has 2 aromatic rings. The fourth-order valence-electron chi connectivity index (χ4n) is 2.29. The topological polar surface area (TPSA) is 58.1 Å². The SMILES string of the molecule is CCC(C)Nc1cc(C(=O)N(CC)c2cccc(C)c2)ncn1. The van der Waals surface area contributed by atoms with Crippen LogP contribution < -0.4 is 10.2 Å². The number of amides is 1. The van der Waals surface area contributed by atoms with Crippen molar-refractivity contribution in [3.63, 3.8) is 0 Å². The number of hydrogen-bond acceptors (Lipinski definition) is 4. The number of carbonyl (C=O) groups is 1. The highest BCUT2D eigenvalue weighted by molar-refractivity contribution is 6.05. The van der Waals surface area contributed by atoms with Gasteiger partial charge in [0.05, 0.1) is 0 Å². The van der Waals surface area contributed by atoms with E-state index in [-0.39, 0.29) is 5.91 Å². The zero-order valence-corrected chi connectivity index (χ0v) is 14.2. The van der Waals surface area contributed by atoms with E-state index in [2.05, 4.69) is 29.1 Å². The maximum Gasteiger partial charge on any atom is 0.277 e. The summed E-state index contributed by atoms with van der Waals surface area (Å²) in [6.07, 6.45) is 2.42. The lowest BCUT2D eigenvalue weighted by Gasteiger charge is -2.21. The van der Waals surface area contributed by atoms with Crippen LogP contribution >= 0.6 is 0 Å². The molecule has 5 heteroatoms. The van der Waals surface area contributed by atoms with E-state index < -0.39 is 0 Å². The maximum atomic E-state index is 12.8. The molecule has 1 aromatic heterocycles. The molecule has 0 saturated heterocycles. The molecule has 1 aromatic carbocycles. The third-order valence-corrected chi connectivity index (χ3v) is 3.77. The summed E-state index contributed by atoms with van der Waals surface area (Å²) in [6.45, 7) is 8.73. The van der Waals surface area contributed by atoms with Crippen molar-refractivity contribution in [2.75, 3.05) is 16.8 Å². The molecule has 0 bridgehead atoms. The first-order valence-electron chi connectivity index (χ1n) is 8.02. The molecule has 1 heterocycles. The van der Waals surface area contributed by atoms with Crippen LogP contribution in [0.2, 0.25) is 0 Å². The molecule has 0 fully saturated rings. The van der Waals surface area contributed by atoms with Crippen molar-refractivity contribution in [3.05, 3.63) is 47.9 Å². The molecule has 0 aliphatic heterocycles. The van der Waals surface area contributed by atoms with Crippen molar-refractivity contribution >= 4 is 17.4 Å². The van der Waals surface area contributed by atoms with Gasteiger partial charge in [0.1, 0.15) is 17.8 Å². The molecule has 1 unspecified atom stereocenters. The summed E-state index contributed by atoms with van der Waals surface area (Å²) in [4.78, 5) is 22.9. The lowest BCUT2D eigenvalue weighted by Crippen LogP contribution is -2.31. The lowest BCUT2D eigenvalue weighted by atomic mass is 10.2. The van der Waals surface area contributed by atoms with Gasteiger partial charge in [-0.15, -0.1) is 0 Å². The number of carbonyl (C=O) groups excluding carboxylic acids is 1. The zero-order valence-electron chi connectivity index (χ0n) is 14.2. The van der Waals surface area contributed by atoms with E-state index >= 15 is 0 Å². The van der Waals surface area contributed by atoms with Crippen molar-refractivity contribution in [2.45, 2.75) is 40.2 Å². The number of aryl methyl sites for hydroxylation is 1. The summed E-state index contributed by atoms with van der Waals surface area (Å²) < 4.78 is 0. The predicted molar refractivity (Wildman–Crippen MR) is 93.9 cm³/mol. The second kappa shape index (κ2) is 7.72. The molecule has 2 rings (SSSR count). The van der Waals surface area contributed by atoms with Crippen molar-refractivity contribution in [3.8, 4) is 0 Å². The van der Waals surface area contributed by atoms with E-state index in [0.29, 0.717) is 24.1 Å². The number of aromatic nitrogens is 2. The first-order valence-corrected chi connectivity index (χ1v) is 8.02. The monoisotopic (exact) mass is 312 g/mol. The molecule has 1 atom stereocenters. The first kappa shape index (κ1) is 16.9. The van der Waals surface area contributed by atoms with Crippen LogP contribution in [0.15, 0.2) is 36.7 Å². The fraction of sp³-hybridized carbons (Fsp3) is 0.389. The summed E-state index contributed by atoms with van der Waals surface area (Å²) in [6, 6.07) is 9.92. The summed E-state index contributed by atoms with van der Waals surface area (Å²) in [5, 5.41) is 3.27. The Morgan fingerprint density at radius 1 is 1.26 bits per heavy atom. The molecule has 23 heavy (non-hydrogen) atoms. The van der Waals surface area contributed by atoms with Crippen LogP contribution in [-0.2, 0) is 0 Å². The lowest BCUT2D eigenvalue weighted by molar-refractivity contribution is 0.0983. The zero-order chi connectivity index (χ0) is 16.8. The minimum Gasteiger partial charge on any atom is -0.368 e. The molecule has 1 amide bonds. The number of benzene rings is 1. The quantitative estimate of drug-likeness (QED) is 0.884. The minimum atomic E-state index is -0.118. The van der Waals surface area contributed by atoms with E-state index in [1.54, 1.807) is 11.0 Å². The molecule has 0 radical (unpaired) electrons. The number of nitrogens with one attached hydrogen (secondary N) is 1. The third-order valence-electron chi connectivity index (χ3n) is 3.77. The average molecular weight is 312 g/mol. The summed E-state index contributed by atoms with van der Waals surface area (Å²) in [5.74, 6) is 0.561.